The molecule has 0 aliphatic heterocycles. The highest BCUT2D eigenvalue weighted by atomic mass is 127. The van der Waals surface area contributed by atoms with Gasteiger partial charge in [0.15, 0.2) is 5.82 Å². The summed E-state index contributed by atoms with van der Waals surface area (Å²) in [5.74, 6) is 1.73. The molecule has 1 heterocycles. The Hall–Kier alpha value is -0.690. The lowest BCUT2D eigenvalue weighted by molar-refractivity contribution is 0.867. The summed E-state index contributed by atoms with van der Waals surface area (Å²) in [6, 6.07) is 6.24. The number of aromatic nitrogens is 2. The first kappa shape index (κ1) is 16.7. The number of rotatable bonds is 5. The van der Waals surface area contributed by atoms with Gasteiger partial charge in [-0.3, -0.25) is 0 Å². The highest BCUT2D eigenvalue weighted by Gasteiger charge is 2.13. The molecular formula is C16H19BrIN3. The quantitative estimate of drug-likeness (QED) is 0.624. The van der Waals surface area contributed by atoms with Gasteiger partial charge in [0.05, 0.1) is 9.26 Å². The van der Waals surface area contributed by atoms with Crippen molar-refractivity contribution in [3.05, 3.63) is 37.5 Å². The number of aryl methyl sites for hydroxylation is 2. The molecule has 0 atom stereocenters. The fourth-order valence-electron chi connectivity index (χ4n) is 2.09. The Morgan fingerprint density at radius 1 is 1.24 bits per heavy atom. The Labute approximate surface area is 148 Å². The van der Waals surface area contributed by atoms with Crippen LogP contribution >= 0.6 is 38.5 Å². The van der Waals surface area contributed by atoms with E-state index >= 15 is 0 Å². The van der Waals surface area contributed by atoms with Crippen molar-refractivity contribution in [1.29, 1.82) is 0 Å². The Bertz CT molecular complexity index is 616. The van der Waals surface area contributed by atoms with Crippen molar-refractivity contribution in [2.45, 2.75) is 33.6 Å². The maximum atomic E-state index is 4.77. The van der Waals surface area contributed by atoms with E-state index in [9.17, 15) is 0 Å². The van der Waals surface area contributed by atoms with Crippen molar-refractivity contribution in [3.63, 3.8) is 0 Å². The summed E-state index contributed by atoms with van der Waals surface area (Å²) in [6.07, 6.45) is 2.05. The van der Waals surface area contributed by atoms with Gasteiger partial charge in [0.25, 0.3) is 0 Å². The zero-order chi connectivity index (χ0) is 15.4. The standard InChI is InChI=1S/C16H19BrIN3/c1-4-6-13-14(18)16(19-5-2)21-15(20-13)11-7-8-12(17)10(3)9-11/h7-9H,4-6H2,1-3H3,(H,19,20,21). The van der Waals surface area contributed by atoms with E-state index in [1.165, 1.54) is 5.56 Å². The molecule has 0 saturated carbocycles. The number of nitrogens with one attached hydrogen (secondary N) is 1. The minimum absolute atomic E-state index is 0.797. The van der Waals surface area contributed by atoms with Gasteiger partial charge in [-0.15, -0.1) is 0 Å². The summed E-state index contributed by atoms with van der Waals surface area (Å²) in [6.45, 7) is 7.20. The monoisotopic (exact) mass is 459 g/mol. The van der Waals surface area contributed by atoms with Crippen LogP contribution in [0, 0.1) is 10.5 Å². The molecule has 0 aliphatic rings. The average molecular weight is 460 g/mol. The third-order valence-corrected chi connectivity index (χ3v) is 5.19. The largest absolute Gasteiger partial charge is 0.369 e. The second-order valence-corrected chi connectivity index (χ2v) is 6.83. The van der Waals surface area contributed by atoms with Crippen molar-refractivity contribution < 1.29 is 0 Å². The number of halogens is 2. The minimum Gasteiger partial charge on any atom is -0.369 e. The lowest BCUT2D eigenvalue weighted by Crippen LogP contribution is -2.08. The SMILES string of the molecule is CCCc1nc(-c2ccc(Br)c(C)c2)nc(NCC)c1I. The summed E-state index contributed by atoms with van der Waals surface area (Å²) < 4.78 is 2.24. The van der Waals surface area contributed by atoms with Crippen LogP contribution in [0.3, 0.4) is 0 Å². The first-order valence-corrected chi connectivity index (χ1v) is 9.00. The van der Waals surface area contributed by atoms with Crippen LogP contribution in [-0.2, 0) is 6.42 Å². The van der Waals surface area contributed by atoms with Crippen LogP contribution in [-0.4, -0.2) is 16.5 Å². The third-order valence-electron chi connectivity index (χ3n) is 3.17. The summed E-state index contributed by atoms with van der Waals surface area (Å²) in [5, 5.41) is 3.34. The van der Waals surface area contributed by atoms with E-state index < -0.39 is 0 Å². The highest BCUT2D eigenvalue weighted by molar-refractivity contribution is 14.1. The maximum Gasteiger partial charge on any atom is 0.161 e. The topological polar surface area (TPSA) is 37.8 Å². The van der Waals surface area contributed by atoms with Crippen LogP contribution in [0.25, 0.3) is 11.4 Å². The molecule has 0 unspecified atom stereocenters. The van der Waals surface area contributed by atoms with Gasteiger partial charge in [-0.05, 0) is 60.6 Å². The summed E-state index contributed by atoms with van der Waals surface area (Å²) in [7, 11) is 0. The first-order valence-electron chi connectivity index (χ1n) is 7.13. The molecule has 0 radical (unpaired) electrons. The molecule has 21 heavy (non-hydrogen) atoms. The van der Waals surface area contributed by atoms with Gasteiger partial charge in [-0.25, -0.2) is 9.97 Å². The fraction of sp³-hybridized carbons (Fsp3) is 0.375. The Kier molecular flexibility index (Phi) is 5.98. The number of hydrogen-bond acceptors (Lipinski definition) is 3. The van der Waals surface area contributed by atoms with Crippen molar-refractivity contribution in [1.82, 2.24) is 9.97 Å². The van der Waals surface area contributed by atoms with Crippen molar-refractivity contribution in [2.24, 2.45) is 0 Å². The summed E-state index contributed by atoms with van der Waals surface area (Å²) in [5.41, 5.74) is 3.37. The van der Waals surface area contributed by atoms with E-state index in [4.69, 9.17) is 9.97 Å². The smallest absolute Gasteiger partial charge is 0.161 e. The molecule has 1 aromatic carbocycles. The third kappa shape index (κ3) is 3.94. The van der Waals surface area contributed by atoms with E-state index in [2.05, 4.69) is 82.8 Å². The zero-order valence-electron chi connectivity index (χ0n) is 12.5. The van der Waals surface area contributed by atoms with Gasteiger partial charge in [-0.1, -0.05) is 35.3 Å². The second kappa shape index (κ2) is 7.54. The highest BCUT2D eigenvalue weighted by Crippen LogP contribution is 2.27. The van der Waals surface area contributed by atoms with E-state index in [1.807, 2.05) is 0 Å². The number of nitrogens with zero attached hydrogens (tertiary/aromatic N) is 2. The van der Waals surface area contributed by atoms with E-state index in [-0.39, 0.29) is 0 Å². The predicted octanol–water partition coefficient (Wildman–Crippen LogP) is 5.20. The lowest BCUT2D eigenvalue weighted by atomic mass is 10.1. The van der Waals surface area contributed by atoms with Crippen LogP contribution in [0.1, 0.15) is 31.5 Å². The molecular weight excluding hydrogens is 441 g/mol. The summed E-state index contributed by atoms with van der Waals surface area (Å²) in [4.78, 5) is 9.47. The van der Waals surface area contributed by atoms with Crippen molar-refractivity contribution in [3.8, 4) is 11.4 Å². The Balaban J connectivity index is 2.53. The van der Waals surface area contributed by atoms with Crippen LogP contribution in [0.4, 0.5) is 5.82 Å². The van der Waals surface area contributed by atoms with Crippen LogP contribution in [0.5, 0.6) is 0 Å². The molecule has 0 fully saturated rings. The molecule has 0 aliphatic carbocycles. The molecule has 0 bridgehead atoms. The molecule has 5 heteroatoms. The van der Waals surface area contributed by atoms with Gasteiger partial charge in [0, 0.05) is 16.6 Å². The van der Waals surface area contributed by atoms with Gasteiger partial charge in [0.2, 0.25) is 0 Å². The number of hydrogen-bond donors (Lipinski definition) is 1. The predicted molar refractivity (Wildman–Crippen MR) is 101 cm³/mol. The first-order chi connectivity index (χ1) is 10.1. The van der Waals surface area contributed by atoms with Gasteiger partial charge >= 0.3 is 0 Å². The molecule has 0 amide bonds. The lowest BCUT2D eigenvalue weighted by Gasteiger charge is -2.12. The zero-order valence-corrected chi connectivity index (χ0v) is 16.2. The van der Waals surface area contributed by atoms with Crippen LogP contribution in [0.2, 0.25) is 0 Å². The Morgan fingerprint density at radius 2 is 2.00 bits per heavy atom. The molecule has 1 aromatic heterocycles. The number of benzene rings is 1. The molecule has 1 N–H and O–H groups in total. The maximum absolute atomic E-state index is 4.77. The number of anilines is 1. The molecule has 3 nitrogen and oxygen atoms in total. The fourth-order valence-corrected chi connectivity index (χ4v) is 3.04. The molecule has 0 saturated heterocycles. The second-order valence-electron chi connectivity index (χ2n) is 4.90. The molecule has 0 spiro atoms. The normalized spacial score (nSPS) is 10.7. The summed E-state index contributed by atoms with van der Waals surface area (Å²) >= 11 is 5.88. The van der Waals surface area contributed by atoms with Gasteiger partial charge in [-0.2, -0.15) is 0 Å². The average Bonchev–Trinajstić information content (AvgIpc) is 2.46. The molecule has 2 rings (SSSR count). The van der Waals surface area contributed by atoms with Crippen LogP contribution < -0.4 is 5.32 Å². The molecule has 112 valence electrons. The van der Waals surface area contributed by atoms with E-state index in [0.717, 1.165) is 50.3 Å². The van der Waals surface area contributed by atoms with Crippen molar-refractivity contribution >= 4 is 44.3 Å². The van der Waals surface area contributed by atoms with Crippen molar-refractivity contribution in [2.75, 3.05) is 11.9 Å². The van der Waals surface area contributed by atoms with Gasteiger partial charge < -0.3 is 5.32 Å². The van der Waals surface area contributed by atoms with E-state index in [0.29, 0.717) is 0 Å². The van der Waals surface area contributed by atoms with Gasteiger partial charge in [0.1, 0.15) is 5.82 Å². The Morgan fingerprint density at radius 3 is 2.62 bits per heavy atom. The molecule has 2 aromatic rings. The minimum atomic E-state index is 0.797. The van der Waals surface area contributed by atoms with E-state index in [1.54, 1.807) is 0 Å². The van der Waals surface area contributed by atoms with Crippen LogP contribution in [0.15, 0.2) is 22.7 Å².